The van der Waals surface area contributed by atoms with E-state index in [-0.39, 0.29) is 5.54 Å². The van der Waals surface area contributed by atoms with Crippen LogP contribution in [0.15, 0.2) is 42.5 Å². The van der Waals surface area contributed by atoms with Crippen molar-refractivity contribution in [3.05, 3.63) is 65.0 Å². The van der Waals surface area contributed by atoms with E-state index in [0.29, 0.717) is 0 Å². The lowest BCUT2D eigenvalue weighted by Gasteiger charge is -2.23. The van der Waals surface area contributed by atoms with E-state index in [1.165, 1.54) is 16.8 Å². The minimum atomic E-state index is -0.00517. The Labute approximate surface area is 144 Å². The number of aryl methyl sites for hydroxylation is 4. The molecule has 3 heteroatoms. The number of nitrogens with one attached hydrogen (secondary N) is 1. The summed E-state index contributed by atoms with van der Waals surface area (Å²) in [4.78, 5) is 4.93. The lowest BCUT2D eigenvalue weighted by atomic mass is 10.1. The second-order valence-electron chi connectivity index (χ2n) is 7.64. The van der Waals surface area contributed by atoms with Crippen LogP contribution in [0.4, 0.5) is 5.82 Å². The first-order valence-corrected chi connectivity index (χ1v) is 8.64. The summed E-state index contributed by atoms with van der Waals surface area (Å²) in [7, 11) is 0. The molecule has 2 heterocycles. The number of benzene rings is 1. The first kappa shape index (κ1) is 16.6. The molecule has 126 valence electrons. The summed E-state index contributed by atoms with van der Waals surface area (Å²) in [6.07, 6.45) is 1.93. The van der Waals surface area contributed by atoms with Crippen LogP contribution in [-0.2, 0) is 12.8 Å². The van der Waals surface area contributed by atoms with E-state index in [2.05, 4.69) is 86.8 Å². The van der Waals surface area contributed by atoms with Gasteiger partial charge in [0, 0.05) is 11.2 Å². The highest BCUT2D eigenvalue weighted by Gasteiger charge is 2.19. The van der Waals surface area contributed by atoms with Gasteiger partial charge in [-0.15, -0.1) is 0 Å². The van der Waals surface area contributed by atoms with Crippen molar-refractivity contribution >= 4 is 11.5 Å². The number of hydrogen-bond acceptors (Lipinski definition) is 2. The Balaban J connectivity index is 2.02. The van der Waals surface area contributed by atoms with Crippen LogP contribution < -0.4 is 5.32 Å². The monoisotopic (exact) mass is 321 g/mol. The van der Waals surface area contributed by atoms with Gasteiger partial charge in [0.15, 0.2) is 0 Å². The minimum Gasteiger partial charge on any atom is -0.365 e. The minimum absolute atomic E-state index is 0.00517. The zero-order chi connectivity index (χ0) is 17.3. The van der Waals surface area contributed by atoms with E-state index in [4.69, 9.17) is 4.98 Å². The summed E-state index contributed by atoms with van der Waals surface area (Å²) in [5, 5.41) is 3.67. The molecule has 0 radical (unpaired) electrons. The largest absolute Gasteiger partial charge is 0.365 e. The number of hydrogen-bond donors (Lipinski definition) is 1. The predicted octanol–water partition coefficient (Wildman–Crippen LogP) is 4.95. The molecule has 24 heavy (non-hydrogen) atoms. The van der Waals surface area contributed by atoms with E-state index in [1.54, 1.807) is 0 Å². The van der Waals surface area contributed by atoms with Crippen LogP contribution in [0.25, 0.3) is 5.65 Å². The zero-order valence-electron chi connectivity index (χ0n) is 15.4. The van der Waals surface area contributed by atoms with Crippen LogP contribution in [0.2, 0.25) is 0 Å². The number of fused-ring (bicyclic) bond motifs is 1. The van der Waals surface area contributed by atoms with Crippen LogP contribution in [0, 0.1) is 13.8 Å². The molecule has 0 spiro atoms. The first-order valence-electron chi connectivity index (χ1n) is 8.64. The fourth-order valence-electron chi connectivity index (χ4n) is 3.14. The number of nitrogens with zero attached hydrogens (tertiary/aromatic N) is 2. The quantitative estimate of drug-likeness (QED) is 0.737. The maximum atomic E-state index is 4.93. The predicted molar refractivity (Wildman–Crippen MR) is 102 cm³/mol. The summed E-state index contributed by atoms with van der Waals surface area (Å²) in [6, 6.07) is 15.0. The number of pyridine rings is 1. The molecule has 0 unspecified atom stereocenters. The smallest absolute Gasteiger partial charge is 0.139 e. The molecule has 3 nitrogen and oxygen atoms in total. The van der Waals surface area contributed by atoms with Crippen molar-refractivity contribution in [2.45, 2.75) is 53.0 Å². The van der Waals surface area contributed by atoms with Crippen LogP contribution in [0.3, 0.4) is 0 Å². The highest BCUT2D eigenvalue weighted by molar-refractivity contribution is 5.58. The Kier molecular flexibility index (Phi) is 4.35. The fourth-order valence-corrected chi connectivity index (χ4v) is 3.14. The molecule has 0 bridgehead atoms. The van der Waals surface area contributed by atoms with Gasteiger partial charge in [-0.3, -0.25) is 4.40 Å². The zero-order valence-corrected chi connectivity index (χ0v) is 15.4. The van der Waals surface area contributed by atoms with Gasteiger partial charge < -0.3 is 5.32 Å². The molecule has 0 aliphatic heterocycles. The molecule has 1 aromatic carbocycles. The van der Waals surface area contributed by atoms with Gasteiger partial charge >= 0.3 is 0 Å². The molecule has 3 aromatic rings. The molecular formula is C21H27N3. The maximum absolute atomic E-state index is 4.93. The van der Waals surface area contributed by atoms with E-state index in [9.17, 15) is 0 Å². The average Bonchev–Trinajstić information content (AvgIpc) is 2.82. The lowest BCUT2D eigenvalue weighted by Crippen LogP contribution is -2.27. The molecular weight excluding hydrogens is 294 g/mol. The van der Waals surface area contributed by atoms with Crippen LogP contribution in [0.1, 0.15) is 43.3 Å². The van der Waals surface area contributed by atoms with Crippen LogP contribution in [0.5, 0.6) is 0 Å². The Morgan fingerprint density at radius 2 is 1.71 bits per heavy atom. The van der Waals surface area contributed by atoms with Crippen LogP contribution >= 0.6 is 0 Å². The second kappa shape index (κ2) is 6.31. The molecule has 0 saturated carbocycles. The average molecular weight is 321 g/mol. The molecule has 0 amide bonds. The van der Waals surface area contributed by atoms with Crippen molar-refractivity contribution in [1.29, 1.82) is 0 Å². The summed E-state index contributed by atoms with van der Waals surface area (Å²) in [6.45, 7) is 10.9. The van der Waals surface area contributed by atoms with E-state index >= 15 is 0 Å². The molecule has 3 rings (SSSR count). The van der Waals surface area contributed by atoms with Crippen molar-refractivity contribution in [3.63, 3.8) is 0 Å². The van der Waals surface area contributed by atoms with E-state index < -0.39 is 0 Å². The molecule has 1 N–H and O–H groups in total. The highest BCUT2D eigenvalue weighted by atomic mass is 15.2. The van der Waals surface area contributed by atoms with Crippen molar-refractivity contribution in [1.82, 2.24) is 9.38 Å². The third-order valence-corrected chi connectivity index (χ3v) is 4.11. The fraction of sp³-hybridized carbons (Fsp3) is 0.381. The molecule has 0 saturated heterocycles. The molecule has 0 aliphatic rings. The van der Waals surface area contributed by atoms with Gasteiger partial charge in [0.25, 0.3) is 0 Å². The van der Waals surface area contributed by atoms with Crippen LogP contribution in [-0.4, -0.2) is 14.9 Å². The summed E-state index contributed by atoms with van der Waals surface area (Å²) < 4.78 is 2.25. The van der Waals surface area contributed by atoms with Gasteiger partial charge in [0.1, 0.15) is 11.5 Å². The second-order valence-corrected chi connectivity index (χ2v) is 7.64. The molecule has 0 atom stereocenters. The number of imidazole rings is 1. The van der Waals surface area contributed by atoms with Gasteiger partial charge in [0.05, 0.1) is 5.69 Å². The third-order valence-electron chi connectivity index (χ3n) is 4.11. The SMILES string of the molecule is Cc1cc(C)n2c(NC(C)(C)C)c(CCc3ccccc3)nc2c1. The topological polar surface area (TPSA) is 29.3 Å². The highest BCUT2D eigenvalue weighted by Crippen LogP contribution is 2.26. The Hall–Kier alpha value is -2.29. The van der Waals surface area contributed by atoms with Gasteiger partial charge in [-0.1, -0.05) is 30.3 Å². The Bertz CT molecular complexity index is 839. The summed E-state index contributed by atoms with van der Waals surface area (Å²) >= 11 is 0. The van der Waals surface area contributed by atoms with Gasteiger partial charge in [-0.05, 0) is 70.7 Å². The summed E-state index contributed by atoms with van der Waals surface area (Å²) in [5.74, 6) is 1.13. The van der Waals surface area contributed by atoms with Crippen molar-refractivity contribution in [3.8, 4) is 0 Å². The number of rotatable bonds is 4. The van der Waals surface area contributed by atoms with Gasteiger partial charge in [-0.25, -0.2) is 4.98 Å². The van der Waals surface area contributed by atoms with E-state index in [1.807, 2.05) is 0 Å². The number of anilines is 1. The van der Waals surface area contributed by atoms with Gasteiger partial charge in [0.2, 0.25) is 0 Å². The maximum Gasteiger partial charge on any atom is 0.139 e. The third kappa shape index (κ3) is 3.61. The molecule has 2 aromatic heterocycles. The number of aromatic nitrogens is 2. The molecule has 0 fully saturated rings. The molecule has 0 aliphatic carbocycles. The van der Waals surface area contributed by atoms with Crippen molar-refractivity contribution in [2.24, 2.45) is 0 Å². The van der Waals surface area contributed by atoms with Crippen molar-refractivity contribution < 1.29 is 0 Å². The Morgan fingerprint density at radius 1 is 1.00 bits per heavy atom. The normalized spacial score (nSPS) is 11.9. The standard InChI is InChI=1S/C21H27N3/c1-15-13-16(2)24-19(14-15)22-18(20(24)23-21(3,4)5)12-11-17-9-7-6-8-10-17/h6-10,13-14,23H,11-12H2,1-5H3. The van der Waals surface area contributed by atoms with Crippen molar-refractivity contribution in [2.75, 3.05) is 5.32 Å². The summed E-state index contributed by atoms with van der Waals surface area (Å²) in [5.41, 5.74) is 5.99. The first-order chi connectivity index (χ1) is 11.3. The van der Waals surface area contributed by atoms with E-state index in [0.717, 1.165) is 30.0 Å². The lowest BCUT2D eigenvalue weighted by molar-refractivity contribution is 0.627. The van der Waals surface area contributed by atoms with Gasteiger partial charge in [-0.2, -0.15) is 0 Å². The Morgan fingerprint density at radius 3 is 2.38 bits per heavy atom.